The lowest BCUT2D eigenvalue weighted by Crippen LogP contribution is -2.25. The standard InChI is InChI=1S/C9H13NO3S/c1-10-6-4-9(5-7-10)3-2-8-14(11,12)13/h4-7H,2-3,8H2,1H3. The molecule has 14 heavy (non-hydrogen) atoms. The van der Waals surface area contributed by atoms with Crippen LogP contribution < -0.4 is 4.57 Å². The number of aromatic nitrogens is 1. The summed E-state index contributed by atoms with van der Waals surface area (Å²) in [6, 6.07) is 3.83. The molecule has 0 saturated carbocycles. The SMILES string of the molecule is C[n+]1ccc(CCCS(=O)(=O)[O-])cc1. The minimum atomic E-state index is -4.06. The number of hydrogen-bond donors (Lipinski definition) is 0. The molecule has 0 fully saturated rings. The van der Waals surface area contributed by atoms with Gasteiger partial charge in [-0.2, -0.15) is 0 Å². The Hall–Kier alpha value is -0.940. The molecule has 78 valence electrons. The van der Waals surface area contributed by atoms with Gasteiger partial charge in [0, 0.05) is 17.9 Å². The van der Waals surface area contributed by atoms with Crippen LogP contribution in [-0.2, 0) is 23.6 Å². The van der Waals surface area contributed by atoms with Crippen molar-refractivity contribution in [3.63, 3.8) is 0 Å². The van der Waals surface area contributed by atoms with Gasteiger partial charge in [0.2, 0.25) is 0 Å². The van der Waals surface area contributed by atoms with E-state index in [2.05, 4.69) is 0 Å². The third-order valence-electron chi connectivity index (χ3n) is 1.91. The first-order chi connectivity index (χ1) is 6.47. The maximum atomic E-state index is 10.3. The molecule has 0 bridgehead atoms. The van der Waals surface area contributed by atoms with Gasteiger partial charge in [0.05, 0.1) is 10.1 Å². The van der Waals surface area contributed by atoms with Crippen LogP contribution in [0.1, 0.15) is 12.0 Å². The Bertz CT molecular complexity index is 383. The van der Waals surface area contributed by atoms with Crippen molar-refractivity contribution in [1.29, 1.82) is 0 Å². The van der Waals surface area contributed by atoms with Crippen LogP contribution in [0.4, 0.5) is 0 Å². The summed E-state index contributed by atoms with van der Waals surface area (Å²) in [5.74, 6) is -0.284. The Morgan fingerprint density at radius 3 is 2.43 bits per heavy atom. The van der Waals surface area contributed by atoms with E-state index in [1.54, 1.807) is 0 Å². The topological polar surface area (TPSA) is 61.1 Å². The smallest absolute Gasteiger partial charge is 0.168 e. The highest BCUT2D eigenvalue weighted by Gasteiger charge is 1.98. The van der Waals surface area contributed by atoms with Crippen LogP contribution in [0.15, 0.2) is 24.5 Å². The molecule has 0 aromatic carbocycles. The van der Waals surface area contributed by atoms with Gasteiger partial charge in [0.15, 0.2) is 12.4 Å². The predicted molar refractivity (Wildman–Crippen MR) is 50.5 cm³/mol. The van der Waals surface area contributed by atoms with E-state index in [0.717, 1.165) is 5.56 Å². The Balaban J connectivity index is 2.43. The molecule has 0 aliphatic heterocycles. The summed E-state index contributed by atoms with van der Waals surface area (Å²) < 4.78 is 32.8. The van der Waals surface area contributed by atoms with Crippen LogP contribution in [0.2, 0.25) is 0 Å². The lowest BCUT2D eigenvalue weighted by Gasteiger charge is -2.05. The molecule has 0 amide bonds. The number of hydrogen-bond acceptors (Lipinski definition) is 3. The van der Waals surface area contributed by atoms with Crippen molar-refractivity contribution < 1.29 is 17.5 Å². The normalized spacial score (nSPS) is 11.6. The van der Waals surface area contributed by atoms with E-state index in [0.29, 0.717) is 12.8 Å². The van der Waals surface area contributed by atoms with Crippen molar-refractivity contribution >= 4 is 10.1 Å². The summed E-state index contributed by atoms with van der Waals surface area (Å²) in [7, 11) is -2.15. The monoisotopic (exact) mass is 215 g/mol. The number of nitrogens with zero attached hydrogens (tertiary/aromatic N) is 1. The Morgan fingerprint density at radius 1 is 1.36 bits per heavy atom. The molecule has 0 unspecified atom stereocenters. The first-order valence-corrected chi connectivity index (χ1v) is 5.93. The molecule has 1 heterocycles. The fourth-order valence-electron chi connectivity index (χ4n) is 1.15. The minimum absolute atomic E-state index is 0.284. The van der Waals surface area contributed by atoms with Gasteiger partial charge in [-0.3, -0.25) is 0 Å². The molecule has 1 aromatic heterocycles. The molecular formula is C9H13NO3S. The second-order valence-electron chi connectivity index (χ2n) is 3.24. The van der Waals surface area contributed by atoms with Gasteiger partial charge in [0.25, 0.3) is 0 Å². The fourth-order valence-corrected chi connectivity index (χ4v) is 1.65. The number of pyridine rings is 1. The van der Waals surface area contributed by atoms with Crippen molar-refractivity contribution in [3.8, 4) is 0 Å². The van der Waals surface area contributed by atoms with Gasteiger partial charge in [-0.05, 0) is 18.4 Å². The van der Waals surface area contributed by atoms with Crippen LogP contribution >= 0.6 is 0 Å². The van der Waals surface area contributed by atoms with E-state index in [-0.39, 0.29) is 5.75 Å². The number of rotatable bonds is 4. The summed E-state index contributed by atoms with van der Waals surface area (Å²) in [6.45, 7) is 0. The summed E-state index contributed by atoms with van der Waals surface area (Å²) in [5.41, 5.74) is 1.05. The average Bonchev–Trinajstić information content (AvgIpc) is 2.06. The van der Waals surface area contributed by atoms with Gasteiger partial charge in [0.1, 0.15) is 7.05 Å². The molecule has 5 heteroatoms. The summed E-state index contributed by atoms with van der Waals surface area (Å²) >= 11 is 0. The van der Waals surface area contributed by atoms with Gasteiger partial charge >= 0.3 is 0 Å². The van der Waals surface area contributed by atoms with E-state index in [4.69, 9.17) is 0 Å². The summed E-state index contributed by atoms with van der Waals surface area (Å²) in [6.07, 6.45) is 4.80. The predicted octanol–water partition coefficient (Wildman–Crippen LogP) is -0.0111. The molecule has 0 aliphatic carbocycles. The van der Waals surface area contributed by atoms with Crippen molar-refractivity contribution in [2.24, 2.45) is 7.05 Å². The zero-order valence-corrected chi connectivity index (χ0v) is 8.83. The van der Waals surface area contributed by atoms with Gasteiger partial charge in [-0.15, -0.1) is 0 Å². The highest BCUT2D eigenvalue weighted by molar-refractivity contribution is 7.85. The summed E-state index contributed by atoms with van der Waals surface area (Å²) in [4.78, 5) is 0. The molecular weight excluding hydrogens is 202 g/mol. The molecule has 0 aliphatic rings. The van der Waals surface area contributed by atoms with Gasteiger partial charge in [-0.25, -0.2) is 13.0 Å². The zero-order chi connectivity index (χ0) is 10.6. The first-order valence-electron chi connectivity index (χ1n) is 4.35. The van der Waals surface area contributed by atoms with Crippen molar-refractivity contribution in [1.82, 2.24) is 0 Å². The highest BCUT2D eigenvalue weighted by Crippen LogP contribution is 2.01. The van der Waals surface area contributed by atoms with E-state index >= 15 is 0 Å². The second-order valence-corrected chi connectivity index (χ2v) is 4.76. The lowest BCUT2D eigenvalue weighted by atomic mass is 10.2. The van der Waals surface area contributed by atoms with Crippen LogP contribution in [0.3, 0.4) is 0 Å². The minimum Gasteiger partial charge on any atom is -0.748 e. The molecule has 4 nitrogen and oxygen atoms in total. The largest absolute Gasteiger partial charge is 0.748 e. The molecule has 1 rings (SSSR count). The third-order valence-corrected chi connectivity index (χ3v) is 2.70. The second kappa shape index (κ2) is 4.52. The summed E-state index contributed by atoms with van der Waals surface area (Å²) in [5, 5.41) is 0. The van der Waals surface area contributed by atoms with Crippen LogP contribution in [0, 0.1) is 0 Å². The van der Waals surface area contributed by atoms with Gasteiger partial charge in [-0.1, -0.05) is 0 Å². The molecule has 0 saturated heterocycles. The highest BCUT2D eigenvalue weighted by atomic mass is 32.2. The van der Waals surface area contributed by atoms with Crippen LogP contribution in [0.5, 0.6) is 0 Å². The average molecular weight is 215 g/mol. The van der Waals surface area contributed by atoms with E-state index in [9.17, 15) is 13.0 Å². The van der Waals surface area contributed by atoms with Crippen LogP contribution in [0.25, 0.3) is 0 Å². The van der Waals surface area contributed by atoms with Crippen LogP contribution in [-0.4, -0.2) is 18.7 Å². The van der Waals surface area contributed by atoms with Gasteiger partial charge < -0.3 is 4.55 Å². The van der Waals surface area contributed by atoms with E-state index in [1.165, 1.54) is 0 Å². The Morgan fingerprint density at radius 2 is 1.93 bits per heavy atom. The molecule has 0 N–H and O–H groups in total. The molecule has 0 radical (unpaired) electrons. The Labute approximate surface area is 83.9 Å². The fraction of sp³-hybridized carbons (Fsp3) is 0.444. The lowest BCUT2D eigenvalue weighted by molar-refractivity contribution is -0.671. The van der Waals surface area contributed by atoms with Crippen molar-refractivity contribution in [2.75, 3.05) is 5.75 Å². The Kier molecular flexibility index (Phi) is 3.60. The maximum Gasteiger partial charge on any atom is 0.168 e. The quantitative estimate of drug-likeness (QED) is 0.524. The molecule has 0 atom stereocenters. The van der Waals surface area contributed by atoms with Crippen molar-refractivity contribution in [2.45, 2.75) is 12.8 Å². The third kappa shape index (κ3) is 4.34. The first kappa shape index (κ1) is 11.1. The zero-order valence-electron chi connectivity index (χ0n) is 8.01. The van der Waals surface area contributed by atoms with Crippen molar-refractivity contribution in [3.05, 3.63) is 30.1 Å². The van der Waals surface area contributed by atoms with E-state index in [1.807, 2.05) is 36.1 Å². The van der Waals surface area contributed by atoms with E-state index < -0.39 is 10.1 Å². The molecule has 0 spiro atoms. The molecule has 1 aromatic rings. The maximum absolute atomic E-state index is 10.3. The number of aryl methyl sites for hydroxylation is 2.